The van der Waals surface area contributed by atoms with Gasteiger partial charge in [-0.1, -0.05) is 45.8 Å². The summed E-state index contributed by atoms with van der Waals surface area (Å²) < 4.78 is 8.79. The normalized spacial score (nSPS) is 10.2. The summed E-state index contributed by atoms with van der Waals surface area (Å²) in [5.41, 5.74) is 5.16. The highest BCUT2D eigenvalue weighted by atomic mass is 16.5. The topological polar surface area (TPSA) is 43.0 Å². The van der Waals surface area contributed by atoms with E-state index in [0.717, 1.165) is 11.4 Å². The van der Waals surface area contributed by atoms with Gasteiger partial charge in [0.05, 0.1) is 17.9 Å². The van der Waals surface area contributed by atoms with Gasteiger partial charge in [0.15, 0.2) is 0 Å². The Hall–Kier alpha value is -2.82. The number of methoxy groups -OCH3 is 1. The van der Waals surface area contributed by atoms with E-state index >= 15 is 0 Å². The highest BCUT2D eigenvalue weighted by Gasteiger charge is 2.19. The summed E-state index contributed by atoms with van der Waals surface area (Å²) in [4.78, 5) is 0. The predicted octanol–water partition coefficient (Wildman–Crippen LogP) is 2.04. The molecule has 0 aliphatic heterocycles. The van der Waals surface area contributed by atoms with Gasteiger partial charge in [0, 0.05) is 0 Å². The van der Waals surface area contributed by atoms with Crippen molar-refractivity contribution in [2.45, 2.75) is 0 Å². The molecule has 0 saturated heterocycles. The predicted molar refractivity (Wildman–Crippen MR) is 75.8 cm³/mol. The summed E-state index contributed by atoms with van der Waals surface area (Å²) in [6, 6.07) is 20.2. The monoisotopic (exact) mass is 267 g/mol. The SMILES string of the molecule is COc1nn(-c2ccccc2)c[n+]1Nc1ccccc1. The van der Waals surface area contributed by atoms with Crippen LogP contribution in [0.1, 0.15) is 0 Å². The Bertz CT molecular complexity index is 680. The zero-order valence-corrected chi connectivity index (χ0v) is 11.1. The van der Waals surface area contributed by atoms with Crippen LogP contribution >= 0.6 is 0 Å². The first-order valence-corrected chi connectivity index (χ1v) is 6.29. The Labute approximate surface area is 117 Å². The van der Waals surface area contributed by atoms with Crippen molar-refractivity contribution >= 4 is 5.69 Å². The fourth-order valence-electron chi connectivity index (χ4n) is 1.90. The summed E-state index contributed by atoms with van der Waals surface area (Å²) in [5.74, 6) is 0. The number of benzene rings is 2. The van der Waals surface area contributed by atoms with Crippen LogP contribution < -0.4 is 14.8 Å². The molecule has 1 N–H and O–H groups in total. The van der Waals surface area contributed by atoms with Gasteiger partial charge in [0.1, 0.15) is 5.69 Å². The van der Waals surface area contributed by atoms with E-state index in [9.17, 15) is 0 Å². The summed E-state index contributed by atoms with van der Waals surface area (Å²) in [6.07, 6.45) is 1.83. The zero-order valence-electron chi connectivity index (χ0n) is 11.1. The van der Waals surface area contributed by atoms with Crippen molar-refractivity contribution in [1.29, 1.82) is 0 Å². The number of aromatic nitrogens is 3. The summed E-state index contributed by atoms with van der Waals surface area (Å²) >= 11 is 0. The van der Waals surface area contributed by atoms with Crippen LogP contribution in [0.3, 0.4) is 0 Å². The van der Waals surface area contributed by atoms with Crippen LogP contribution in [0.15, 0.2) is 67.0 Å². The van der Waals surface area contributed by atoms with Crippen molar-refractivity contribution < 1.29 is 9.41 Å². The van der Waals surface area contributed by atoms with Crippen LogP contribution in [0.25, 0.3) is 5.69 Å². The molecule has 5 heteroatoms. The summed E-state index contributed by atoms with van der Waals surface area (Å²) in [6.45, 7) is 0. The first-order valence-electron chi connectivity index (χ1n) is 6.29. The quantitative estimate of drug-likeness (QED) is 0.736. The highest BCUT2D eigenvalue weighted by molar-refractivity contribution is 5.39. The van der Waals surface area contributed by atoms with E-state index in [1.165, 1.54) is 0 Å². The van der Waals surface area contributed by atoms with Crippen LogP contribution in [0, 0.1) is 0 Å². The maximum absolute atomic E-state index is 5.29. The van der Waals surface area contributed by atoms with Gasteiger partial charge in [-0.25, -0.2) is 5.43 Å². The van der Waals surface area contributed by atoms with Crippen molar-refractivity contribution in [2.24, 2.45) is 0 Å². The number of hydrogen-bond acceptors (Lipinski definition) is 3. The average Bonchev–Trinajstić information content (AvgIpc) is 2.92. The third-order valence-electron chi connectivity index (χ3n) is 2.85. The van der Waals surface area contributed by atoms with E-state index in [4.69, 9.17) is 4.74 Å². The molecule has 0 unspecified atom stereocenters. The Morgan fingerprint density at radius 2 is 1.65 bits per heavy atom. The Morgan fingerprint density at radius 3 is 2.30 bits per heavy atom. The first kappa shape index (κ1) is 12.2. The molecule has 1 heterocycles. The van der Waals surface area contributed by atoms with Gasteiger partial charge >= 0.3 is 6.01 Å². The van der Waals surface area contributed by atoms with Gasteiger partial charge in [-0.2, -0.15) is 0 Å². The fourth-order valence-corrected chi connectivity index (χ4v) is 1.90. The second kappa shape index (κ2) is 5.44. The van der Waals surface area contributed by atoms with Crippen LogP contribution in [0.2, 0.25) is 0 Å². The van der Waals surface area contributed by atoms with E-state index in [1.54, 1.807) is 16.5 Å². The third-order valence-corrected chi connectivity index (χ3v) is 2.85. The maximum atomic E-state index is 5.29. The van der Waals surface area contributed by atoms with Crippen molar-refractivity contribution in [3.63, 3.8) is 0 Å². The molecule has 0 amide bonds. The molecule has 0 aliphatic carbocycles. The molecule has 3 rings (SSSR count). The molecule has 20 heavy (non-hydrogen) atoms. The van der Waals surface area contributed by atoms with Gasteiger partial charge in [-0.3, -0.25) is 0 Å². The highest BCUT2D eigenvalue weighted by Crippen LogP contribution is 2.08. The van der Waals surface area contributed by atoms with Gasteiger partial charge in [-0.05, 0) is 24.3 Å². The fraction of sp³-hybridized carbons (Fsp3) is 0.0667. The molecule has 2 aromatic carbocycles. The molecule has 0 aliphatic rings. The number of nitrogens with one attached hydrogen (secondary N) is 1. The molecule has 0 saturated carbocycles. The van der Waals surface area contributed by atoms with Crippen LogP contribution in [-0.4, -0.2) is 16.9 Å². The number of ether oxygens (including phenoxy) is 1. The van der Waals surface area contributed by atoms with Gasteiger partial charge in [0.25, 0.3) is 6.33 Å². The summed E-state index contributed by atoms with van der Waals surface area (Å²) in [7, 11) is 1.60. The van der Waals surface area contributed by atoms with Crippen LogP contribution in [0.5, 0.6) is 6.01 Å². The van der Waals surface area contributed by atoms with E-state index in [-0.39, 0.29) is 0 Å². The number of anilines is 1. The van der Waals surface area contributed by atoms with Crippen molar-refractivity contribution in [2.75, 3.05) is 12.5 Å². The Balaban J connectivity index is 1.93. The molecule has 1 aromatic heterocycles. The molecule has 0 spiro atoms. The molecule has 0 fully saturated rings. The molecule has 0 bridgehead atoms. The molecule has 3 aromatic rings. The average molecular weight is 267 g/mol. The number of rotatable bonds is 4. The lowest BCUT2D eigenvalue weighted by atomic mass is 10.3. The lowest BCUT2D eigenvalue weighted by Crippen LogP contribution is -2.41. The largest absolute Gasteiger partial charge is 0.490 e. The first-order chi connectivity index (χ1) is 9.86. The molecule has 0 radical (unpaired) electrons. The van der Waals surface area contributed by atoms with E-state index in [0.29, 0.717) is 6.01 Å². The minimum Gasteiger partial charge on any atom is -0.440 e. The van der Waals surface area contributed by atoms with Gasteiger partial charge in [-0.15, -0.1) is 0 Å². The van der Waals surface area contributed by atoms with Gasteiger partial charge in [0.2, 0.25) is 0 Å². The second-order valence-electron chi connectivity index (χ2n) is 4.23. The molecule has 5 nitrogen and oxygen atoms in total. The van der Waals surface area contributed by atoms with E-state index in [2.05, 4.69) is 10.5 Å². The van der Waals surface area contributed by atoms with E-state index < -0.39 is 0 Å². The van der Waals surface area contributed by atoms with Crippen molar-refractivity contribution in [1.82, 2.24) is 9.78 Å². The minimum absolute atomic E-state index is 0.484. The lowest BCUT2D eigenvalue weighted by Gasteiger charge is -2.01. The number of para-hydroxylation sites is 2. The minimum atomic E-state index is 0.484. The van der Waals surface area contributed by atoms with E-state index in [1.807, 2.05) is 67.0 Å². The van der Waals surface area contributed by atoms with Gasteiger partial charge < -0.3 is 4.74 Å². The second-order valence-corrected chi connectivity index (χ2v) is 4.23. The molecular weight excluding hydrogens is 252 g/mol. The lowest BCUT2D eigenvalue weighted by molar-refractivity contribution is -0.649. The van der Waals surface area contributed by atoms with Crippen molar-refractivity contribution in [3.8, 4) is 11.7 Å². The number of hydrogen-bond donors (Lipinski definition) is 1. The standard InChI is InChI=1S/C15H15N4O/c1-20-15-17-18(14-10-6-3-7-11-14)12-19(15)16-13-8-4-2-5-9-13/h2-12,16H,1H3/q+1. The van der Waals surface area contributed by atoms with Crippen molar-refractivity contribution in [3.05, 3.63) is 67.0 Å². The third kappa shape index (κ3) is 2.47. The maximum Gasteiger partial charge on any atom is 0.490 e. The Morgan fingerprint density at radius 1 is 1.00 bits per heavy atom. The summed E-state index contributed by atoms with van der Waals surface area (Å²) in [5, 5.41) is 4.39. The zero-order chi connectivity index (χ0) is 13.8. The molecule has 100 valence electrons. The molecule has 0 atom stereocenters. The Kier molecular flexibility index (Phi) is 3.33. The van der Waals surface area contributed by atoms with Crippen LogP contribution in [0.4, 0.5) is 5.69 Å². The smallest absolute Gasteiger partial charge is 0.440 e. The number of nitrogens with zero attached hydrogens (tertiary/aromatic N) is 3. The molecular formula is C15H15N4O+. The van der Waals surface area contributed by atoms with Crippen LogP contribution in [-0.2, 0) is 0 Å².